The van der Waals surface area contributed by atoms with Gasteiger partial charge in [0.25, 0.3) is 0 Å². The van der Waals surface area contributed by atoms with Crippen LogP contribution in [-0.2, 0) is 9.59 Å². The molecule has 0 rings (SSSR count). The Hall–Kier alpha value is -1.58. The third kappa shape index (κ3) is 22.4. The Morgan fingerprint density at radius 2 is 1.60 bits per heavy atom. The summed E-state index contributed by atoms with van der Waals surface area (Å²) < 4.78 is 0. The molecule has 0 saturated carbocycles. The van der Waals surface area contributed by atoms with Crippen LogP contribution < -0.4 is 0 Å². The highest BCUT2D eigenvalue weighted by atomic mass is 16.4. The second kappa shape index (κ2) is 17.2. The quantitative estimate of drug-likeness (QED) is 0.253. The van der Waals surface area contributed by atoms with Crippen molar-refractivity contribution in [1.29, 1.82) is 0 Å². The van der Waals surface area contributed by atoms with Gasteiger partial charge in [-0.2, -0.15) is 0 Å². The molecule has 0 aromatic rings. The minimum atomic E-state index is -0.898. The lowest BCUT2D eigenvalue weighted by molar-refractivity contribution is -0.138. The van der Waals surface area contributed by atoms with E-state index in [4.69, 9.17) is 10.2 Å². The van der Waals surface area contributed by atoms with Gasteiger partial charge in [-0.15, -0.1) is 0 Å². The average Bonchev–Trinajstić information content (AvgIpc) is 2.46. The Labute approximate surface area is 154 Å². The zero-order valence-electron chi connectivity index (χ0n) is 16.8. The van der Waals surface area contributed by atoms with Gasteiger partial charge in [-0.25, -0.2) is 4.79 Å². The molecule has 146 valence electrons. The van der Waals surface area contributed by atoms with E-state index in [1.165, 1.54) is 44.6 Å². The molecule has 4 heteroatoms. The number of hydrogen-bond acceptors (Lipinski definition) is 2. The molecule has 0 aliphatic rings. The summed E-state index contributed by atoms with van der Waals surface area (Å²) in [5, 5.41) is 16.9. The maximum absolute atomic E-state index is 10.5. The highest BCUT2D eigenvalue weighted by Crippen LogP contribution is 2.20. The molecule has 25 heavy (non-hydrogen) atoms. The molecule has 0 heterocycles. The maximum Gasteiger partial charge on any atom is 0.328 e. The number of carboxylic acid groups (broad SMARTS) is 2. The monoisotopic (exact) mass is 354 g/mol. The summed E-state index contributed by atoms with van der Waals surface area (Å²) in [6.07, 6.45) is 14.0. The first-order valence-electron chi connectivity index (χ1n) is 9.48. The Bertz CT molecular complexity index is 410. The molecule has 0 aromatic carbocycles. The van der Waals surface area contributed by atoms with Crippen molar-refractivity contribution in [3.8, 4) is 0 Å². The third-order valence-electron chi connectivity index (χ3n) is 3.91. The van der Waals surface area contributed by atoms with Gasteiger partial charge < -0.3 is 10.2 Å². The number of hydrogen-bond donors (Lipinski definition) is 2. The number of allylic oxidation sites excluding steroid dienone is 3. The molecule has 4 nitrogen and oxygen atoms in total. The summed E-state index contributed by atoms with van der Waals surface area (Å²) in [6.45, 7) is 10.1. The van der Waals surface area contributed by atoms with Crippen LogP contribution in [0.3, 0.4) is 0 Å². The van der Waals surface area contributed by atoms with Gasteiger partial charge in [0.2, 0.25) is 0 Å². The molecule has 0 radical (unpaired) electrons. The molecule has 0 spiro atoms. The topological polar surface area (TPSA) is 74.6 Å². The Kier molecular flexibility index (Phi) is 17.7. The minimum Gasteiger partial charge on any atom is -0.481 e. The van der Waals surface area contributed by atoms with Crippen LogP contribution in [0.5, 0.6) is 0 Å². The van der Waals surface area contributed by atoms with Gasteiger partial charge in [-0.3, -0.25) is 4.79 Å². The van der Waals surface area contributed by atoms with Gasteiger partial charge in [-0.1, -0.05) is 71.4 Å². The lowest BCUT2D eigenvalue weighted by Gasteiger charge is -2.15. The van der Waals surface area contributed by atoms with Crippen LogP contribution >= 0.6 is 0 Å². The molecule has 0 saturated heterocycles. The van der Waals surface area contributed by atoms with E-state index in [9.17, 15) is 9.59 Å². The summed E-state index contributed by atoms with van der Waals surface area (Å²) in [5.74, 6) is -0.563. The fraction of sp³-hybridized carbons (Fsp3) is 0.714. The number of carbonyl (C=O) groups is 2. The highest BCUT2D eigenvalue weighted by molar-refractivity contribution is 5.81. The summed E-state index contributed by atoms with van der Waals surface area (Å²) in [4.78, 5) is 20.5. The van der Waals surface area contributed by atoms with Gasteiger partial charge in [0.15, 0.2) is 0 Å². The second-order valence-electron chi connectivity index (χ2n) is 6.97. The van der Waals surface area contributed by atoms with E-state index < -0.39 is 11.9 Å². The van der Waals surface area contributed by atoms with Crippen molar-refractivity contribution in [3.63, 3.8) is 0 Å². The molecule has 2 N–H and O–H groups in total. The van der Waals surface area contributed by atoms with Crippen molar-refractivity contribution in [2.45, 2.75) is 86.0 Å². The van der Waals surface area contributed by atoms with E-state index in [2.05, 4.69) is 13.8 Å². The van der Waals surface area contributed by atoms with Crippen molar-refractivity contribution in [1.82, 2.24) is 0 Å². The van der Waals surface area contributed by atoms with Gasteiger partial charge in [0, 0.05) is 12.5 Å². The van der Waals surface area contributed by atoms with E-state index in [0.29, 0.717) is 18.3 Å². The molecule has 0 fully saturated rings. The van der Waals surface area contributed by atoms with E-state index in [1.54, 1.807) is 19.1 Å². The van der Waals surface area contributed by atoms with E-state index in [-0.39, 0.29) is 0 Å². The average molecular weight is 355 g/mol. The Morgan fingerprint density at radius 3 is 2.08 bits per heavy atom. The van der Waals surface area contributed by atoms with E-state index in [0.717, 1.165) is 12.0 Å². The van der Waals surface area contributed by atoms with Gasteiger partial charge in [0.1, 0.15) is 0 Å². The van der Waals surface area contributed by atoms with Gasteiger partial charge >= 0.3 is 11.9 Å². The molecule has 0 aliphatic heterocycles. The first-order chi connectivity index (χ1) is 11.7. The first-order valence-corrected chi connectivity index (χ1v) is 9.48. The van der Waals surface area contributed by atoms with Crippen LogP contribution in [-0.4, -0.2) is 22.2 Å². The number of unbranched alkanes of at least 4 members (excludes halogenated alkanes) is 4. The molecule has 2 atom stereocenters. The summed E-state index contributed by atoms with van der Waals surface area (Å²) in [5.41, 5.74) is 0.755. The van der Waals surface area contributed by atoms with Crippen LogP contribution in [0.4, 0.5) is 0 Å². The van der Waals surface area contributed by atoms with Gasteiger partial charge in [-0.05, 0) is 37.7 Å². The number of carboxylic acids is 2. The van der Waals surface area contributed by atoms with Crippen molar-refractivity contribution in [3.05, 3.63) is 23.8 Å². The number of rotatable bonds is 12. The van der Waals surface area contributed by atoms with Gasteiger partial charge in [0.05, 0.1) is 0 Å². The molecule has 2 unspecified atom stereocenters. The fourth-order valence-electron chi connectivity index (χ4n) is 2.79. The molecule has 0 aromatic heterocycles. The standard InChI is InChI=1S/C14H28O2.C7H10O2/c1-4-5-6-7-8-9-12(2)10-13(3)11-14(15)16;1-3-4-6(2)5-7(8)9/h12-13H,4-11H2,1-3H3,(H,15,16);3-5H,1-2H3,(H,8,9). The summed E-state index contributed by atoms with van der Waals surface area (Å²) >= 11 is 0. The SMILES string of the molecule is CC=CC(C)=CC(=O)O.CCCCCCCC(C)CC(C)CC(=O)O. The Balaban J connectivity index is 0. The zero-order chi connectivity index (χ0) is 19.7. The minimum absolute atomic E-state index is 0.320. The van der Waals surface area contributed by atoms with Crippen LogP contribution in [0, 0.1) is 11.8 Å². The molecular weight excluding hydrogens is 316 g/mol. The predicted octanol–water partition coefficient (Wildman–Crippen LogP) is 6.08. The summed E-state index contributed by atoms with van der Waals surface area (Å²) in [6, 6.07) is 0. The maximum atomic E-state index is 10.5. The van der Waals surface area contributed by atoms with E-state index in [1.807, 2.05) is 13.8 Å². The smallest absolute Gasteiger partial charge is 0.328 e. The normalized spacial score (nSPS) is 13.9. The third-order valence-corrected chi connectivity index (χ3v) is 3.91. The van der Waals surface area contributed by atoms with Crippen LogP contribution in [0.1, 0.15) is 86.0 Å². The fourth-order valence-corrected chi connectivity index (χ4v) is 2.79. The lowest BCUT2D eigenvalue weighted by Crippen LogP contribution is -2.08. The van der Waals surface area contributed by atoms with E-state index >= 15 is 0 Å². The van der Waals surface area contributed by atoms with Crippen molar-refractivity contribution < 1.29 is 19.8 Å². The van der Waals surface area contributed by atoms with Crippen molar-refractivity contribution in [2.75, 3.05) is 0 Å². The molecule has 0 bridgehead atoms. The molecule has 0 aliphatic carbocycles. The molecular formula is C21H38O4. The van der Waals surface area contributed by atoms with Crippen LogP contribution in [0.25, 0.3) is 0 Å². The second-order valence-corrected chi connectivity index (χ2v) is 6.97. The van der Waals surface area contributed by atoms with Crippen molar-refractivity contribution in [2.24, 2.45) is 11.8 Å². The zero-order valence-corrected chi connectivity index (χ0v) is 16.8. The predicted molar refractivity (Wildman–Crippen MR) is 105 cm³/mol. The summed E-state index contributed by atoms with van der Waals surface area (Å²) in [7, 11) is 0. The van der Waals surface area contributed by atoms with Crippen LogP contribution in [0.2, 0.25) is 0 Å². The van der Waals surface area contributed by atoms with Crippen molar-refractivity contribution >= 4 is 11.9 Å². The van der Waals surface area contributed by atoms with Crippen LogP contribution in [0.15, 0.2) is 23.8 Å². The number of aliphatic carboxylic acids is 2. The Morgan fingerprint density at radius 1 is 1.00 bits per heavy atom. The first kappa shape index (κ1) is 25.7. The molecule has 0 amide bonds. The lowest BCUT2D eigenvalue weighted by atomic mass is 9.91. The largest absolute Gasteiger partial charge is 0.481 e. The highest BCUT2D eigenvalue weighted by Gasteiger charge is 2.11.